The molecular formula is C12H22O3. The molecule has 0 spiro atoms. The maximum Gasteiger partial charge on any atom is 0.330 e. The first kappa shape index (κ1) is 14.2. The van der Waals surface area contributed by atoms with Gasteiger partial charge in [0.15, 0.2) is 0 Å². The number of aliphatic hydroxyl groups is 1. The molecule has 3 nitrogen and oxygen atoms in total. The third-order valence-corrected chi connectivity index (χ3v) is 2.74. The van der Waals surface area contributed by atoms with Crippen molar-refractivity contribution in [3.8, 4) is 0 Å². The maximum atomic E-state index is 10.6. The van der Waals surface area contributed by atoms with Crippen LogP contribution in [-0.2, 0) is 4.79 Å². The van der Waals surface area contributed by atoms with E-state index in [1.807, 2.05) is 20.8 Å². The molecule has 0 aliphatic heterocycles. The van der Waals surface area contributed by atoms with Crippen LogP contribution < -0.4 is 0 Å². The molecule has 0 bridgehead atoms. The second kappa shape index (κ2) is 5.91. The van der Waals surface area contributed by atoms with Crippen molar-refractivity contribution in [1.82, 2.24) is 0 Å². The third kappa shape index (κ3) is 4.98. The smallest absolute Gasteiger partial charge is 0.330 e. The fraction of sp³-hybridized carbons (Fsp3) is 0.750. The van der Waals surface area contributed by atoms with Crippen LogP contribution in [0.1, 0.15) is 47.0 Å². The zero-order valence-corrected chi connectivity index (χ0v) is 10.1. The molecule has 88 valence electrons. The Morgan fingerprint density at radius 1 is 1.47 bits per heavy atom. The molecule has 0 aromatic rings. The summed E-state index contributed by atoms with van der Waals surface area (Å²) in [6.45, 7) is 7.51. The fourth-order valence-electron chi connectivity index (χ4n) is 1.30. The zero-order valence-electron chi connectivity index (χ0n) is 10.1. The molecular weight excluding hydrogens is 192 g/mol. The van der Waals surface area contributed by atoms with Crippen molar-refractivity contribution >= 4 is 5.97 Å². The summed E-state index contributed by atoms with van der Waals surface area (Å²) in [6, 6.07) is 0. The molecule has 1 atom stereocenters. The predicted molar refractivity (Wildman–Crippen MR) is 60.7 cm³/mol. The van der Waals surface area contributed by atoms with Crippen molar-refractivity contribution in [2.45, 2.75) is 53.1 Å². The van der Waals surface area contributed by atoms with E-state index in [0.717, 1.165) is 12.8 Å². The van der Waals surface area contributed by atoms with Crippen LogP contribution in [0.15, 0.2) is 11.6 Å². The second-order valence-corrected chi connectivity index (χ2v) is 4.69. The lowest BCUT2D eigenvalue weighted by molar-refractivity contribution is -0.132. The van der Waals surface area contributed by atoms with E-state index < -0.39 is 5.97 Å². The molecule has 3 heteroatoms. The molecule has 0 radical (unpaired) electrons. The number of carboxylic acids is 1. The zero-order chi connectivity index (χ0) is 12.1. The first-order valence-electron chi connectivity index (χ1n) is 5.39. The monoisotopic (exact) mass is 214 g/mol. The average Bonchev–Trinajstić information content (AvgIpc) is 2.14. The second-order valence-electron chi connectivity index (χ2n) is 4.69. The van der Waals surface area contributed by atoms with Gasteiger partial charge in [0.2, 0.25) is 0 Å². The maximum absolute atomic E-state index is 10.6. The molecule has 0 amide bonds. The summed E-state index contributed by atoms with van der Waals surface area (Å²) in [7, 11) is 0. The van der Waals surface area contributed by atoms with Crippen LogP contribution in [0.3, 0.4) is 0 Å². The number of hydrogen-bond donors (Lipinski definition) is 2. The molecule has 0 heterocycles. The molecule has 0 saturated heterocycles. The van der Waals surface area contributed by atoms with E-state index in [-0.39, 0.29) is 11.5 Å². The van der Waals surface area contributed by atoms with Gasteiger partial charge < -0.3 is 10.2 Å². The van der Waals surface area contributed by atoms with E-state index in [2.05, 4.69) is 0 Å². The predicted octanol–water partition coefficient (Wildman–Crippen LogP) is 2.59. The van der Waals surface area contributed by atoms with E-state index in [0.29, 0.717) is 12.0 Å². The van der Waals surface area contributed by atoms with Gasteiger partial charge in [-0.25, -0.2) is 4.79 Å². The van der Waals surface area contributed by atoms with E-state index in [1.165, 1.54) is 0 Å². The van der Waals surface area contributed by atoms with Gasteiger partial charge in [0, 0.05) is 5.57 Å². The van der Waals surface area contributed by atoms with E-state index >= 15 is 0 Å². The standard InChI is InChI=1S/C12H22O3/c1-5-6-10(13)12(3,4)8-7-9(2)11(14)15/h7,10,13H,5-6,8H2,1-4H3,(H,14,15). The summed E-state index contributed by atoms with van der Waals surface area (Å²) in [5.74, 6) is -0.893. The number of hydrogen-bond acceptors (Lipinski definition) is 2. The van der Waals surface area contributed by atoms with Gasteiger partial charge in [0.05, 0.1) is 6.10 Å². The number of carbonyl (C=O) groups is 1. The largest absolute Gasteiger partial charge is 0.478 e. The minimum atomic E-state index is -0.893. The third-order valence-electron chi connectivity index (χ3n) is 2.74. The van der Waals surface area contributed by atoms with Crippen LogP contribution in [0.2, 0.25) is 0 Å². The molecule has 2 N–H and O–H groups in total. The Hall–Kier alpha value is -0.830. The Kier molecular flexibility index (Phi) is 5.58. The highest BCUT2D eigenvalue weighted by Crippen LogP contribution is 2.29. The van der Waals surface area contributed by atoms with Gasteiger partial charge in [-0.3, -0.25) is 0 Å². The van der Waals surface area contributed by atoms with E-state index in [9.17, 15) is 9.90 Å². The Morgan fingerprint density at radius 3 is 2.40 bits per heavy atom. The number of allylic oxidation sites excluding steroid dienone is 1. The first-order chi connectivity index (χ1) is 6.81. The van der Waals surface area contributed by atoms with Crippen LogP contribution in [0.4, 0.5) is 0 Å². The van der Waals surface area contributed by atoms with Crippen molar-refractivity contribution in [3.05, 3.63) is 11.6 Å². The van der Waals surface area contributed by atoms with Crippen LogP contribution >= 0.6 is 0 Å². The van der Waals surface area contributed by atoms with Gasteiger partial charge in [0.25, 0.3) is 0 Å². The molecule has 0 aromatic heterocycles. The van der Waals surface area contributed by atoms with Gasteiger partial charge in [-0.15, -0.1) is 0 Å². The molecule has 0 saturated carbocycles. The van der Waals surface area contributed by atoms with E-state index in [1.54, 1.807) is 13.0 Å². The van der Waals surface area contributed by atoms with Gasteiger partial charge in [0.1, 0.15) is 0 Å². The van der Waals surface area contributed by atoms with Crippen LogP contribution in [0.5, 0.6) is 0 Å². The first-order valence-corrected chi connectivity index (χ1v) is 5.39. The van der Waals surface area contributed by atoms with Crippen molar-refractivity contribution in [2.24, 2.45) is 5.41 Å². The summed E-state index contributed by atoms with van der Waals surface area (Å²) < 4.78 is 0. The SMILES string of the molecule is CCCC(O)C(C)(C)CC=C(C)C(=O)O. The number of rotatable bonds is 6. The van der Waals surface area contributed by atoms with Crippen molar-refractivity contribution in [1.29, 1.82) is 0 Å². The lowest BCUT2D eigenvalue weighted by atomic mass is 9.80. The Morgan fingerprint density at radius 2 is 2.00 bits per heavy atom. The van der Waals surface area contributed by atoms with Crippen molar-refractivity contribution < 1.29 is 15.0 Å². The summed E-state index contributed by atoms with van der Waals surface area (Å²) in [5.41, 5.74) is 0.0824. The van der Waals surface area contributed by atoms with Gasteiger partial charge in [-0.2, -0.15) is 0 Å². The topological polar surface area (TPSA) is 57.5 Å². The number of aliphatic carboxylic acids is 1. The average molecular weight is 214 g/mol. The molecule has 0 aliphatic carbocycles. The van der Waals surface area contributed by atoms with Crippen molar-refractivity contribution in [3.63, 3.8) is 0 Å². The lowest BCUT2D eigenvalue weighted by Gasteiger charge is -2.29. The number of aliphatic hydroxyl groups excluding tert-OH is 1. The van der Waals surface area contributed by atoms with Gasteiger partial charge in [-0.1, -0.05) is 33.3 Å². The quantitative estimate of drug-likeness (QED) is 0.668. The molecule has 0 aliphatic rings. The molecule has 15 heavy (non-hydrogen) atoms. The number of carboxylic acid groups (broad SMARTS) is 1. The van der Waals surface area contributed by atoms with E-state index in [4.69, 9.17) is 5.11 Å². The highest BCUT2D eigenvalue weighted by atomic mass is 16.4. The van der Waals surface area contributed by atoms with Gasteiger partial charge in [-0.05, 0) is 25.2 Å². The minimum absolute atomic E-state index is 0.257. The Labute approximate surface area is 91.8 Å². The van der Waals surface area contributed by atoms with Crippen LogP contribution in [-0.4, -0.2) is 22.3 Å². The highest BCUT2D eigenvalue weighted by Gasteiger charge is 2.25. The molecule has 0 aromatic carbocycles. The lowest BCUT2D eigenvalue weighted by Crippen LogP contribution is -2.28. The Balaban J connectivity index is 4.37. The summed E-state index contributed by atoms with van der Waals surface area (Å²) in [6.07, 6.45) is 3.59. The Bertz CT molecular complexity index is 241. The molecule has 0 rings (SSSR count). The highest BCUT2D eigenvalue weighted by molar-refractivity contribution is 5.85. The van der Waals surface area contributed by atoms with Crippen LogP contribution in [0.25, 0.3) is 0 Å². The molecule has 1 unspecified atom stereocenters. The molecule has 0 fully saturated rings. The van der Waals surface area contributed by atoms with Crippen LogP contribution in [0, 0.1) is 5.41 Å². The minimum Gasteiger partial charge on any atom is -0.478 e. The van der Waals surface area contributed by atoms with Gasteiger partial charge >= 0.3 is 5.97 Å². The van der Waals surface area contributed by atoms with Crippen molar-refractivity contribution in [2.75, 3.05) is 0 Å². The normalized spacial score (nSPS) is 15.1. The fourth-order valence-corrected chi connectivity index (χ4v) is 1.30. The summed E-state index contributed by atoms with van der Waals surface area (Å²) in [4.78, 5) is 10.6. The summed E-state index contributed by atoms with van der Waals surface area (Å²) in [5, 5.41) is 18.5. The summed E-state index contributed by atoms with van der Waals surface area (Å²) >= 11 is 0.